The minimum atomic E-state index is -0.656. The zero-order valence-electron chi connectivity index (χ0n) is 13.0. The predicted molar refractivity (Wildman–Crippen MR) is 96.7 cm³/mol. The minimum Gasteiger partial charge on any atom is -0.324 e. The van der Waals surface area contributed by atoms with Crippen LogP contribution in [0.2, 0.25) is 0 Å². The Morgan fingerprint density at radius 1 is 1.12 bits per heavy atom. The number of fused-ring (bicyclic) bond motifs is 1. The summed E-state index contributed by atoms with van der Waals surface area (Å²) in [4.78, 5) is 25.1. The number of nitrogens with zero attached hydrogens (tertiary/aromatic N) is 2. The summed E-state index contributed by atoms with van der Waals surface area (Å²) in [6, 6.07) is 17.1. The maximum absolute atomic E-state index is 12.5. The number of aromatic nitrogens is 2. The standard InChI is InChI=1S/C18H13N3O3S/c22-16(19-14-8-3-6-12-5-1-2-7-13(12)14)11-21-17(20-24-18(21)23)15-9-4-10-25-15/h1-10H,11H2,(H,19,22). The highest BCUT2D eigenvalue weighted by Gasteiger charge is 2.17. The molecule has 0 saturated heterocycles. The van der Waals surface area contributed by atoms with Gasteiger partial charge in [-0.25, -0.2) is 9.36 Å². The molecule has 6 nitrogen and oxygen atoms in total. The van der Waals surface area contributed by atoms with E-state index in [1.165, 1.54) is 15.9 Å². The number of nitrogens with one attached hydrogen (secondary N) is 1. The number of hydrogen-bond donors (Lipinski definition) is 1. The molecule has 0 radical (unpaired) electrons. The van der Waals surface area contributed by atoms with Crippen LogP contribution in [0.4, 0.5) is 5.69 Å². The van der Waals surface area contributed by atoms with Gasteiger partial charge in [-0.05, 0) is 22.9 Å². The Hall–Kier alpha value is -3.19. The Morgan fingerprint density at radius 2 is 1.96 bits per heavy atom. The molecule has 0 aliphatic rings. The molecule has 124 valence electrons. The Labute approximate surface area is 146 Å². The third-order valence-corrected chi connectivity index (χ3v) is 4.66. The van der Waals surface area contributed by atoms with Crippen LogP contribution < -0.4 is 11.1 Å². The van der Waals surface area contributed by atoms with Gasteiger partial charge in [0.2, 0.25) is 5.91 Å². The number of carbonyl (C=O) groups is 1. The Morgan fingerprint density at radius 3 is 2.80 bits per heavy atom. The normalized spacial score (nSPS) is 10.9. The van der Waals surface area contributed by atoms with Gasteiger partial charge in [-0.15, -0.1) is 11.3 Å². The largest absolute Gasteiger partial charge is 0.442 e. The van der Waals surface area contributed by atoms with E-state index in [0.29, 0.717) is 11.5 Å². The fraction of sp³-hybridized carbons (Fsp3) is 0.0556. The second-order valence-corrected chi connectivity index (χ2v) is 6.36. The topological polar surface area (TPSA) is 77.1 Å². The van der Waals surface area contributed by atoms with Gasteiger partial charge in [0.15, 0.2) is 5.82 Å². The fourth-order valence-electron chi connectivity index (χ4n) is 2.66. The van der Waals surface area contributed by atoms with E-state index in [1.807, 2.05) is 60.0 Å². The highest BCUT2D eigenvalue weighted by molar-refractivity contribution is 7.13. The molecule has 0 aliphatic carbocycles. The molecule has 2 aromatic carbocycles. The molecule has 0 spiro atoms. The van der Waals surface area contributed by atoms with Gasteiger partial charge in [-0.2, -0.15) is 0 Å². The number of carbonyl (C=O) groups excluding carboxylic acids is 1. The molecule has 1 N–H and O–H groups in total. The molecule has 2 aromatic heterocycles. The highest BCUT2D eigenvalue weighted by Crippen LogP contribution is 2.24. The van der Waals surface area contributed by atoms with Crippen LogP contribution in [0, 0.1) is 0 Å². The minimum absolute atomic E-state index is 0.168. The summed E-state index contributed by atoms with van der Waals surface area (Å²) in [6.07, 6.45) is 0. The Kier molecular flexibility index (Phi) is 3.91. The summed E-state index contributed by atoms with van der Waals surface area (Å²) in [6.45, 7) is -0.168. The van der Waals surface area contributed by atoms with Gasteiger partial charge in [0.1, 0.15) is 6.54 Å². The molecule has 7 heteroatoms. The number of hydrogen-bond acceptors (Lipinski definition) is 5. The van der Waals surface area contributed by atoms with E-state index in [9.17, 15) is 9.59 Å². The zero-order chi connectivity index (χ0) is 17.2. The Balaban J connectivity index is 1.61. The molecule has 2 heterocycles. The van der Waals surface area contributed by atoms with Gasteiger partial charge in [0.25, 0.3) is 0 Å². The number of amides is 1. The molecule has 4 aromatic rings. The molecule has 0 unspecified atom stereocenters. The molecule has 0 bridgehead atoms. The Bertz CT molecular complexity index is 1090. The second-order valence-electron chi connectivity index (χ2n) is 5.41. The van der Waals surface area contributed by atoms with Crippen molar-refractivity contribution in [1.29, 1.82) is 0 Å². The maximum Gasteiger partial charge on any atom is 0.442 e. The van der Waals surface area contributed by atoms with E-state index >= 15 is 0 Å². The van der Waals surface area contributed by atoms with E-state index < -0.39 is 5.76 Å². The van der Waals surface area contributed by atoms with Crippen LogP contribution in [0.25, 0.3) is 21.5 Å². The lowest BCUT2D eigenvalue weighted by Crippen LogP contribution is -2.25. The SMILES string of the molecule is O=C(Cn1c(-c2cccs2)noc1=O)Nc1cccc2ccccc12. The first-order valence-corrected chi connectivity index (χ1v) is 8.48. The predicted octanol–water partition coefficient (Wildman–Crippen LogP) is 3.36. The lowest BCUT2D eigenvalue weighted by Gasteiger charge is -2.09. The summed E-state index contributed by atoms with van der Waals surface area (Å²) >= 11 is 1.42. The van der Waals surface area contributed by atoms with Crippen molar-refractivity contribution >= 4 is 33.7 Å². The van der Waals surface area contributed by atoms with Crippen LogP contribution in [0.5, 0.6) is 0 Å². The van der Waals surface area contributed by atoms with Crippen LogP contribution in [0.3, 0.4) is 0 Å². The second kappa shape index (κ2) is 6.37. The first kappa shape index (κ1) is 15.3. The fourth-order valence-corrected chi connectivity index (χ4v) is 3.37. The van der Waals surface area contributed by atoms with Crippen molar-refractivity contribution in [2.75, 3.05) is 5.32 Å². The van der Waals surface area contributed by atoms with Crippen molar-refractivity contribution in [1.82, 2.24) is 9.72 Å². The summed E-state index contributed by atoms with van der Waals surface area (Å²) in [5.74, 6) is -0.621. The van der Waals surface area contributed by atoms with Crippen molar-refractivity contribution in [3.05, 3.63) is 70.5 Å². The molecule has 0 aliphatic heterocycles. The smallest absolute Gasteiger partial charge is 0.324 e. The zero-order valence-corrected chi connectivity index (χ0v) is 13.8. The van der Waals surface area contributed by atoms with Crippen LogP contribution in [-0.2, 0) is 11.3 Å². The van der Waals surface area contributed by atoms with Crippen molar-refractivity contribution in [2.24, 2.45) is 0 Å². The van der Waals surface area contributed by atoms with Gasteiger partial charge < -0.3 is 5.32 Å². The number of rotatable bonds is 4. The third-order valence-electron chi connectivity index (χ3n) is 3.79. The maximum atomic E-state index is 12.5. The molecule has 0 saturated carbocycles. The van der Waals surface area contributed by atoms with E-state index in [2.05, 4.69) is 10.5 Å². The summed E-state index contributed by atoms with van der Waals surface area (Å²) in [5, 5.41) is 10.5. The van der Waals surface area contributed by atoms with Crippen LogP contribution in [0.1, 0.15) is 0 Å². The lowest BCUT2D eigenvalue weighted by molar-refractivity contribution is -0.116. The molecular weight excluding hydrogens is 338 g/mol. The summed E-state index contributed by atoms with van der Waals surface area (Å²) in [7, 11) is 0. The van der Waals surface area contributed by atoms with Gasteiger partial charge >= 0.3 is 5.76 Å². The van der Waals surface area contributed by atoms with Gasteiger partial charge in [0, 0.05) is 11.1 Å². The van der Waals surface area contributed by atoms with Gasteiger partial charge in [-0.1, -0.05) is 47.6 Å². The van der Waals surface area contributed by atoms with Crippen molar-refractivity contribution in [3.63, 3.8) is 0 Å². The van der Waals surface area contributed by atoms with Crippen molar-refractivity contribution in [3.8, 4) is 10.7 Å². The van der Waals surface area contributed by atoms with Crippen LogP contribution in [-0.4, -0.2) is 15.6 Å². The number of thiophene rings is 1. The molecule has 4 rings (SSSR count). The number of benzene rings is 2. The average Bonchev–Trinajstić information content (AvgIpc) is 3.26. The number of anilines is 1. The molecule has 1 amide bonds. The molecule has 0 atom stereocenters. The van der Waals surface area contributed by atoms with Crippen LogP contribution >= 0.6 is 11.3 Å². The lowest BCUT2D eigenvalue weighted by atomic mass is 10.1. The molecular formula is C18H13N3O3S. The van der Waals surface area contributed by atoms with Gasteiger partial charge in [-0.3, -0.25) is 9.32 Å². The monoisotopic (exact) mass is 351 g/mol. The summed E-state index contributed by atoms with van der Waals surface area (Å²) in [5.41, 5.74) is 0.699. The van der Waals surface area contributed by atoms with Crippen molar-refractivity contribution in [2.45, 2.75) is 6.54 Å². The van der Waals surface area contributed by atoms with E-state index in [4.69, 9.17) is 4.52 Å². The molecule has 0 fully saturated rings. The van der Waals surface area contributed by atoms with Gasteiger partial charge in [0.05, 0.1) is 4.88 Å². The highest BCUT2D eigenvalue weighted by atomic mass is 32.1. The first-order valence-electron chi connectivity index (χ1n) is 7.60. The molecule has 25 heavy (non-hydrogen) atoms. The van der Waals surface area contributed by atoms with E-state index in [0.717, 1.165) is 15.6 Å². The third kappa shape index (κ3) is 2.97. The average molecular weight is 351 g/mol. The van der Waals surface area contributed by atoms with E-state index in [-0.39, 0.29) is 12.5 Å². The van der Waals surface area contributed by atoms with Crippen LogP contribution in [0.15, 0.2) is 69.3 Å². The first-order chi connectivity index (χ1) is 12.2. The quantitative estimate of drug-likeness (QED) is 0.612. The van der Waals surface area contributed by atoms with E-state index in [1.54, 1.807) is 0 Å². The van der Waals surface area contributed by atoms with Crippen molar-refractivity contribution < 1.29 is 9.32 Å². The summed E-state index contributed by atoms with van der Waals surface area (Å²) < 4.78 is 5.95.